The van der Waals surface area contributed by atoms with Crippen molar-refractivity contribution in [1.29, 1.82) is 0 Å². The lowest BCUT2D eigenvalue weighted by Crippen LogP contribution is -2.25. The summed E-state index contributed by atoms with van der Waals surface area (Å²) < 4.78 is 10.8. The maximum absolute atomic E-state index is 11.4. The smallest absolute Gasteiger partial charge is 0.238 e. The minimum absolute atomic E-state index is 0. The second-order valence-corrected chi connectivity index (χ2v) is 3.96. The van der Waals surface area contributed by atoms with Gasteiger partial charge in [0.1, 0.15) is 13.2 Å². The van der Waals surface area contributed by atoms with E-state index in [4.69, 9.17) is 21.1 Å². The van der Waals surface area contributed by atoms with Crippen molar-refractivity contribution in [2.24, 2.45) is 0 Å². The Hall–Kier alpha value is -1.17. The van der Waals surface area contributed by atoms with Crippen LogP contribution in [0, 0.1) is 0 Å². The fourth-order valence-electron chi connectivity index (χ4n) is 1.51. The van der Waals surface area contributed by atoms with Gasteiger partial charge in [-0.15, -0.1) is 12.4 Å². The molecule has 1 aromatic carbocycles. The number of benzene rings is 1. The van der Waals surface area contributed by atoms with Gasteiger partial charge in [-0.3, -0.25) is 4.79 Å². The molecular weight excluding hydrogens is 279 g/mol. The first kappa shape index (κ1) is 14.9. The summed E-state index contributed by atoms with van der Waals surface area (Å²) in [5, 5.41) is 5.88. The Labute approximate surface area is 116 Å². The normalized spacial score (nSPS) is 12.6. The Morgan fingerprint density at radius 3 is 2.56 bits per heavy atom. The van der Waals surface area contributed by atoms with Crippen molar-refractivity contribution in [2.75, 3.05) is 32.1 Å². The number of rotatable bonds is 3. The van der Waals surface area contributed by atoms with Crippen LogP contribution in [0.15, 0.2) is 12.1 Å². The minimum Gasteiger partial charge on any atom is -0.486 e. The number of amides is 1. The minimum atomic E-state index is -0.161. The standard InChI is InChI=1S/C11H13ClN2O3.ClH/c1-13-6-11(15)14-8-5-10-9(4-7(8)12)16-2-3-17-10;/h4-5,13H,2-3,6H2,1H3,(H,14,15);1H. The summed E-state index contributed by atoms with van der Waals surface area (Å²) in [5.74, 6) is 1.04. The molecule has 0 atom stereocenters. The highest BCUT2D eigenvalue weighted by Crippen LogP contribution is 2.37. The Bertz CT molecular complexity index is 441. The molecule has 0 aliphatic carbocycles. The molecule has 2 N–H and O–H groups in total. The molecule has 2 rings (SSSR count). The average Bonchev–Trinajstić information content (AvgIpc) is 2.30. The van der Waals surface area contributed by atoms with Crippen molar-refractivity contribution < 1.29 is 14.3 Å². The first-order chi connectivity index (χ1) is 8.20. The molecule has 0 unspecified atom stereocenters. The van der Waals surface area contributed by atoms with Gasteiger partial charge in [0.15, 0.2) is 11.5 Å². The Kier molecular flexibility index (Phi) is 5.53. The van der Waals surface area contributed by atoms with E-state index in [0.717, 1.165) is 0 Å². The molecule has 7 heteroatoms. The fourth-order valence-corrected chi connectivity index (χ4v) is 1.72. The van der Waals surface area contributed by atoms with Crippen molar-refractivity contribution in [1.82, 2.24) is 5.32 Å². The molecule has 0 spiro atoms. The zero-order chi connectivity index (χ0) is 12.3. The van der Waals surface area contributed by atoms with E-state index in [2.05, 4.69) is 10.6 Å². The van der Waals surface area contributed by atoms with Crippen LogP contribution in [-0.4, -0.2) is 32.7 Å². The third-order valence-corrected chi connectivity index (χ3v) is 2.56. The molecule has 1 heterocycles. The predicted molar refractivity (Wildman–Crippen MR) is 72.2 cm³/mol. The molecule has 18 heavy (non-hydrogen) atoms. The topological polar surface area (TPSA) is 59.6 Å². The van der Waals surface area contributed by atoms with E-state index in [1.807, 2.05) is 0 Å². The first-order valence-corrected chi connectivity index (χ1v) is 5.62. The van der Waals surface area contributed by atoms with E-state index in [1.54, 1.807) is 19.2 Å². The molecule has 0 radical (unpaired) electrons. The van der Waals surface area contributed by atoms with Crippen LogP contribution >= 0.6 is 24.0 Å². The SMILES string of the molecule is CNCC(=O)Nc1cc2c(cc1Cl)OCCO2.Cl. The van der Waals surface area contributed by atoms with Gasteiger partial charge in [-0.1, -0.05) is 11.6 Å². The van der Waals surface area contributed by atoms with Crippen molar-refractivity contribution >= 4 is 35.6 Å². The summed E-state index contributed by atoms with van der Waals surface area (Å²) in [6, 6.07) is 3.31. The molecule has 0 aromatic heterocycles. The molecule has 0 saturated carbocycles. The summed E-state index contributed by atoms with van der Waals surface area (Å²) in [6.07, 6.45) is 0. The zero-order valence-electron chi connectivity index (χ0n) is 9.79. The van der Waals surface area contributed by atoms with Gasteiger partial charge in [0.05, 0.1) is 17.3 Å². The number of fused-ring (bicyclic) bond motifs is 1. The highest BCUT2D eigenvalue weighted by molar-refractivity contribution is 6.34. The first-order valence-electron chi connectivity index (χ1n) is 5.24. The van der Waals surface area contributed by atoms with E-state index < -0.39 is 0 Å². The van der Waals surface area contributed by atoms with Crippen LogP contribution in [-0.2, 0) is 4.79 Å². The van der Waals surface area contributed by atoms with E-state index in [-0.39, 0.29) is 24.9 Å². The Morgan fingerprint density at radius 1 is 1.33 bits per heavy atom. The van der Waals surface area contributed by atoms with E-state index in [9.17, 15) is 4.79 Å². The van der Waals surface area contributed by atoms with Crippen molar-refractivity contribution in [3.05, 3.63) is 17.2 Å². The van der Waals surface area contributed by atoms with Gasteiger partial charge in [-0.05, 0) is 7.05 Å². The van der Waals surface area contributed by atoms with E-state index >= 15 is 0 Å². The largest absolute Gasteiger partial charge is 0.486 e. The maximum atomic E-state index is 11.4. The van der Waals surface area contributed by atoms with Gasteiger partial charge in [0.2, 0.25) is 5.91 Å². The lowest BCUT2D eigenvalue weighted by atomic mass is 10.2. The van der Waals surface area contributed by atoms with Crippen LogP contribution in [0.25, 0.3) is 0 Å². The zero-order valence-corrected chi connectivity index (χ0v) is 11.4. The molecule has 1 amide bonds. The molecule has 1 aliphatic heterocycles. The number of hydrogen-bond donors (Lipinski definition) is 2. The number of anilines is 1. The van der Waals surface area contributed by atoms with Crippen LogP contribution in [0.1, 0.15) is 0 Å². The lowest BCUT2D eigenvalue weighted by Gasteiger charge is -2.20. The molecule has 100 valence electrons. The van der Waals surface area contributed by atoms with Gasteiger partial charge in [0.25, 0.3) is 0 Å². The highest BCUT2D eigenvalue weighted by atomic mass is 35.5. The third-order valence-electron chi connectivity index (χ3n) is 2.24. The third kappa shape index (κ3) is 3.41. The van der Waals surface area contributed by atoms with Gasteiger partial charge in [-0.2, -0.15) is 0 Å². The number of hydrogen-bond acceptors (Lipinski definition) is 4. The molecule has 1 aliphatic rings. The fraction of sp³-hybridized carbons (Fsp3) is 0.364. The van der Waals surface area contributed by atoms with E-state index in [1.165, 1.54) is 0 Å². The van der Waals surface area contributed by atoms with E-state index in [0.29, 0.717) is 35.4 Å². The van der Waals surface area contributed by atoms with Crippen LogP contribution in [0.4, 0.5) is 5.69 Å². The molecule has 0 fully saturated rings. The summed E-state index contributed by atoms with van der Waals surface area (Å²) in [5.41, 5.74) is 0.524. The van der Waals surface area contributed by atoms with Crippen LogP contribution in [0.5, 0.6) is 11.5 Å². The maximum Gasteiger partial charge on any atom is 0.238 e. The number of likely N-dealkylation sites (N-methyl/N-ethyl adjacent to an activating group) is 1. The number of carbonyl (C=O) groups is 1. The van der Waals surface area contributed by atoms with Gasteiger partial charge in [-0.25, -0.2) is 0 Å². The van der Waals surface area contributed by atoms with Gasteiger partial charge < -0.3 is 20.1 Å². The quantitative estimate of drug-likeness (QED) is 0.890. The Morgan fingerprint density at radius 2 is 1.94 bits per heavy atom. The predicted octanol–water partition coefficient (Wildman–Crippen LogP) is 1.69. The van der Waals surface area contributed by atoms with Crippen molar-refractivity contribution in [3.63, 3.8) is 0 Å². The number of carbonyl (C=O) groups excluding carboxylic acids is 1. The summed E-state index contributed by atoms with van der Waals surface area (Å²) >= 11 is 6.03. The van der Waals surface area contributed by atoms with Gasteiger partial charge >= 0.3 is 0 Å². The number of halogens is 2. The van der Waals surface area contributed by atoms with Crippen LogP contribution in [0.2, 0.25) is 5.02 Å². The lowest BCUT2D eigenvalue weighted by molar-refractivity contribution is -0.115. The summed E-state index contributed by atoms with van der Waals surface area (Å²) in [7, 11) is 1.70. The summed E-state index contributed by atoms with van der Waals surface area (Å²) in [6.45, 7) is 1.23. The summed E-state index contributed by atoms with van der Waals surface area (Å²) in [4.78, 5) is 11.4. The molecular formula is C11H14Cl2N2O3. The second kappa shape index (κ2) is 6.68. The van der Waals surface area contributed by atoms with Crippen LogP contribution < -0.4 is 20.1 Å². The molecule has 1 aromatic rings. The van der Waals surface area contributed by atoms with Gasteiger partial charge in [0, 0.05) is 12.1 Å². The number of ether oxygens (including phenoxy) is 2. The number of nitrogens with one attached hydrogen (secondary N) is 2. The van der Waals surface area contributed by atoms with Crippen molar-refractivity contribution in [3.8, 4) is 11.5 Å². The van der Waals surface area contributed by atoms with Crippen LogP contribution in [0.3, 0.4) is 0 Å². The second-order valence-electron chi connectivity index (χ2n) is 3.55. The molecule has 0 saturated heterocycles. The molecule has 0 bridgehead atoms. The highest BCUT2D eigenvalue weighted by Gasteiger charge is 2.15. The molecule has 5 nitrogen and oxygen atoms in total. The average molecular weight is 293 g/mol. The Balaban J connectivity index is 0.00000162. The monoisotopic (exact) mass is 292 g/mol. The van der Waals surface area contributed by atoms with Crippen molar-refractivity contribution in [2.45, 2.75) is 0 Å².